The van der Waals surface area contributed by atoms with Gasteiger partial charge in [-0.2, -0.15) is 5.10 Å². The predicted molar refractivity (Wildman–Crippen MR) is 91.3 cm³/mol. The van der Waals surface area contributed by atoms with Crippen LogP contribution in [0.4, 0.5) is 0 Å². The molecule has 0 spiro atoms. The number of benzene rings is 2. The summed E-state index contributed by atoms with van der Waals surface area (Å²) in [5.41, 5.74) is 5.49. The van der Waals surface area contributed by atoms with Crippen molar-refractivity contribution in [3.05, 3.63) is 63.6 Å². The summed E-state index contributed by atoms with van der Waals surface area (Å²) < 4.78 is 6.45. The molecule has 22 heavy (non-hydrogen) atoms. The lowest BCUT2D eigenvalue weighted by Gasteiger charge is -2.08. The van der Waals surface area contributed by atoms with E-state index in [-0.39, 0.29) is 12.5 Å². The first-order chi connectivity index (χ1) is 10.5. The molecule has 0 unspecified atom stereocenters. The van der Waals surface area contributed by atoms with Crippen molar-refractivity contribution in [2.45, 2.75) is 13.8 Å². The Hall–Kier alpha value is -2.14. The zero-order chi connectivity index (χ0) is 15.9. The molecule has 2 rings (SSSR count). The van der Waals surface area contributed by atoms with E-state index in [1.165, 1.54) is 0 Å². The third-order valence-electron chi connectivity index (χ3n) is 2.94. The second-order valence-corrected chi connectivity index (χ2v) is 5.82. The Morgan fingerprint density at radius 2 is 2.09 bits per heavy atom. The summed E-state index contributed by atoms with van der Waals surface area (Å²) >= 11 is 3.38. The molecule has 2 aromatic rings. The molecule has 0 aliphatic rings. The minimum absolute atomic E-state index is 0.0758. The first-order valence-corrected chi connectivity index (χ1v) is 7.61. The summed E-state index contributed by atoms with van der Waals surface area (Å²) in [7, 11) is 0. The highest BCUT2D eigenvalue weighted by Gasteiger charge is 2.04. The number of carbonyl (C=O) groups is 1. The van der Waals surface area contributed by atoms with Crippen LogP contribution in [0, 0.1) is 13.8 Å². The van der Waals surface area contributed by atoms with Crippen molar-refractivity contribution in [2.75, 3.05) is 6.61 Å². The van der Waals surface area contributed by atoms with E-state index in [1.54, 1.807) is 6.21 Å². The molecule has 0 fully saturated rings. The molecule has 0 bridgehead atoms. The van der Waals surface area contributed by atoms with Gasteiger partial charge in [-0.3, -0.25) is 4.79 Å². The van der Waals surface area contributed by atoms with Crippen molar-refractivity contribution >= 4 is 28.1 Å². The zero-order valence-corrected chi connectivity index (χ0v) is 14.1. The van der Waals surface area contributed by atoms with Crippen molar-refractivity contribution in [1.82, 2.24) is 5.43 Å². The smallest absolute Gasteiger partial charge is 0.277 e. The molecule has 5 heteroatoms. The molecule has 2 aromatic carbocycles. The van der Waals surface area contributed by atoms with Crippen LogP contribution in [0.5, 0.6) is 5.75 Å². The van der Waals surface area contributed by atoms with Gasteiger partial charge in [0.1, 0.15) is 5.75 Å². The van der Waals surface area contributed by atoms with Gasteiger partial charge in [-0.25, -0.2) is 5.43 Å². The highest BCUT2D eigenvalue weighted by atomic mass is 79.9. The molecule has 0 radical (unpaired) electrons. The molecule has 4 nitrogen and oxygen atoms in total. The Balaban J connectivity index is 1.83. The van der Waals surface area contributed by atoms with Gasteiger partial charge in [0.05, 0.1) is 6.21 Å². The standard InChI is InChI=1S/C17H17BrN2O2/c1-12-4-3-5-14(8-12)10-19-20-17(21)11-22-16-7-6-15(18)9-13(16)2/h3-10H,11H2,1-2H3,(H,20,21). The summed E-state index contributed by atoms with van der Waals surface area (Å²) in [5.74, 6) is 0.382. The molecule has 1 N–H and O–H groups in total. The van der Waals surface area contributed by atoms with E-state index in [1.807, 2.05) is 56.3 Å². The lowest BCUT2D eigenvalue weighted by molar-refractivity contribution is -0.123. The number of hydrazone groups is 1. The molecule has 0 saturated heterocycles. The second kappa shape index (κ2) is 7.75. The van der Waals surface area contributed by atoms with Crippen molar-refractivity contribution in [1.29, 1.82) is 0 Å². The molecule has 0 aliphatic carbocycles. The minimum Gasteiger partial charge on any atom is -0.483 e. The molecule has 0 aromatic heterocycles. The molecule has 1 amide bonds. The van der Waals surface area contributed by atoms with Gasteiger partial charge >= 0.3 is 0 Å². The SMILES string of the molecule is Cc1cccc(C=NNC(=O)COc2ccc(Br)cc2C)c1. The molecule has 0 heterocycles. The Bertz CT molecular complexity index is 699. The van der Waals surface area contributed by atoms with Gasteiger partial charge in [0.25, 0.3) is 5.91 Å². The average Bonchev–Trinajstić information content (AvgIpc) is 2.46. The maximum absolute atomic E-state index is 11.7. The van der Waals surface area contributed by atoms with E-state index in [0.29, 0.717) is 5.75 Å². The van der Waals surface area contributed by atoms with Crippen LogP contribution >= 0.6 is 15.9 Å². The van der Waals surface area contributed by atoms with Crippen LogP contribution < -0.4 is 10.2 Å². The van der Waals surface area contributed by atoms with Gasteiger partial charge in [0.15, 0.2) is 6.61 Å². The van der Waals surface area contributed by atoms with E-state index in [4.69, 9.17) is 4.74 Å². The summed E-state index contributed by atoms with van der Waals surface area (Å²) in [6.45, 7) is 3.85. The van der Waals surface area contributed by atoms with Crippen molar-refractivity contribution in [3.63, 3.8) is 0 Å². The monoisotopic (exact) mass is 360 g/mol. The van der Waals surface area contributed by atoms with Crippen molar-refractivity contribution in [3.8, 4) is 5.75 Å². The van der Waals surface area contributed by atoms with Crippen LogP contribution in [-0.4, -0.2) is 18.7 Å². The maximum Gasteiger partial charge on any atom is 0.277 e. The number of hydrogen-bond donors (Lipinski definition) is 1. The number of carbonyl (C=O) groups excluding carboxylic acids is 1. The van der Waals surface area contributed by atoms with E-state index in [9.17, 15) is 4.79 Å². The third-order valence-corrected chi connectivity index (χ3v) is 3.43. The number of rotatable bonds is 5. The number of hydrogen-bond acceptors (Lipinski definition) is 3. The number of halogens is 1. The van der Waals surface area contributed by atoms with Crippen LogP contribution in [0.3, 0.4) is 0 Å². The Labute approximate surface area is 138 Å². The highest BCUT2D eigenvalue weighted by Crippen LogP contribution is 2.21. The number of nitrogens with zero attached hydrogens (tertiary/aromatic N) is 1. The first kappa shape index (κ1) is 16.2. The second-order valence-electron chi connectivity index (χ2n) is 4.91. The van der Waals surface area contributed by atoms with Gasteiger partial charge in [0, 0.05) is 4.47 Å². The minimum atomic E-state index is -0.300. The van der Waals surface area contributed by atoms with Gasteiger partial charge in [-0.15, -0.1) is 0 Å². The lowest BCUT2D eigenvalue weighted by Crippen LogP contribution is -2.24. The molecule has 0 saturated carbocycles. The van der Waals surface area contributed by atoms with Gasteiger partial charge < -0.3 is 4.74 Å². The van der Waals surface area contributed by atoms with E-state index >= 15 is 0 Å². The fourth-order valence-electron chi connectivity index (χ4n) is 1.88. The van der Waals surface area contributed by atoms with E-state index in [2.05, 4.69) is 26.5 Å². The largest absolute Gasteiger partial charge is 0.483 e. The fraction of sp³-hybridized carbons (Fsp3) is 0.176. The van der Waals surface area contributed by atoms with Gasteiger partial charge in [-0.1, -0.05) is 45.8 Å². The van der Waals surface area contributed by atoms with Crippen LogP contribution in [0.25, 0.3) is 0 Å². The van der Waals surface area contributed by atoms with Crippen LogP contribution in [0.1, 0.15) is 16.7 Å². The van der Waals surface area contributed by atoms with Crippen LogP contribution in [0.2, 0.25) is 0 Å². The topological polar surface area (TPSA) is 50.7 Å². The summed E-state index contributed by atoms with van der Waals surface area (Å²) in [5, 5.41) is 3.92. The molecule has 114 valence electrons. The predicted octanol–water partition coefficient (Wildman–Crippen LogP) is 3.60. The summed E-state index contributed by atoms with van der Waals surface area (Å²) in [4.78, 5) is 11.7. The normalized spacial score (nSPS) is 10.7. The fourth-order valence-corrected chi connectivity index (χ4v) is 2.36. The Kier molecular flexibility index (Phi) is 5.72. The quantitative estimate of drug-likeness (QED) is 0.654. The number of ether oxygens (including phenoxy) is 1. The number of nitrogens with one attached hydrogen (secondary N) is 1. The van der Waals surface area contributed by atoms with Crippen LogP contribution in [0.15, 0.2) is 52.0 Å². The number of aryl methyl sites for hydroxylation is 2. The maximum atomic E-state index is 11.7. The van der Waals surface area contributed by atoms with E-state index in [0.717, 1.165) is 21.2 Å². The van der Waals surface area contributed by atoms with Crippen molar-refractivity contribution in [2.24, 2.45) is 5.10 Å². The Morgan fingerprint density at radius 3 is 2.82 bits per heavy atom. The third kappa shape index (κ3) is 5.00. The van der Waals surface area contributed by atoms with E-state index < -0.39 is 0 Å². The highest BCUT2D eigenvalue weighted by molar-refractivity contribution is 9.10. The molecule has 0 atom stereocenters. The molecular formula is C17H17BrN2O2. The summed E-state index contributed by atoms with van der Waals surface area (Å²) in [6.07, 6.45) is 1.61. The van der Waals surface area contributed by atoms with Crippen LogP contribution in [-0.2, 0) is 4.79 Å². The lowest BCUT2D eigenvalue weighted by atomic mass is 10.2. The molecular weight excluding hydrogens is 344 g/mol. The van der Waals surface area contributed by atoms with Crippen molar-refractivity contribution < 1.29 is 9.53 Å². The van der Waals surface area contributed by atoms with Gasteiger partial charge in [-0.05, 0) is 43.2 Å². The summed E-state index contributed by atoms with van der Waals surface area (Å²) in [6, 6.07) is 13.5. The van der Waals surface area contributed by atoms with Gasteiger partial charge in [0.2, 0.25) is 0 Å². The number of amides is 1. The Morgan fingerprint density at radius 1 is 1.27 bits per heavy atom. The zero-order valence-electron chi connectivity index (χ0n) is 12.5. The average molecular weight is 361 g/mol. The first-order valence-electron chi connectivity index (χ1n) is 6.82. The molecule has 0 aliphatic heterocycles.